The zero-order valence-electron chi connectivity index (χ0n) is 6.68. The first-order valence-corrected chi connectivity index (χ1v) is 3.99. The van der Waals surface area contributed by atoms with Gasteiger partial charge >= 0.3 is 0 Å². The second-order valence-electron chi connectivity index (χ2n) is 2.49. The van der Waals surface area contributed by atoms with Crippen molar-refractivity contribution in [3.8, 4) is 0 Å². The minimum absolute atomic E-state index is 0.632. The van der Waals surface area contributed by atoms with Gasteiger partial charge in [0.25, 0.3) is 0 Å². The summed E-state index contributed by atoms with van der Waals surface area (Å²) in [6, 6.07) is 0. The van der Waals surface area contributed by atoms with Crippen LogP contribution in [0.15, 0.2) is 5.10 Å². The van der Waals surface area contributed by atoms with E-state index in [0.29, 0.717) is 6.54 Å². The van der Waals surface area contributed by atoms with E-state index in [1.54, 1.807) is 0 Å². The maximum atomic E-state index is 5.29. The normalized spacial score (nSPS) is 18.1. The quantitative estimate of drug-likeness (QED) is 0.437. The zero-order valence-corrected chi connectivity index (χ0v) is 6.68. The lowest BCUT2D eigenvalue weighted by molar-refractivity contribution is 0.134. The number of hydrogen-bond donors (Lipinski definition) is 2. The number of nitrogens with one attached hydrogen (secondary N) is 1. The van der Waals surface area contributed by atoms with Gasteiger partial charge in [0.1, 0.15) is 0 Å². The van der Waals surface area contributed by atoms with E-state index < -0.39 is 0 Å². The van der Waals surface area contributed by atoms with Crippen LogP contribution in [0.3, 0.4) is 0 Å². The molecular formula is C7H15N3O. The standard InChI is InChI=1S/C7H15N3O/c8-3-4-9-10-7-1-5-11-6-2-7/h9H,1-6,8H2. The average Bonchev–Trinajstić information content (AvgIpc) is 2.07. The van der Waals surface area contributed by atoms with E-state index in [-0.39, 0.29) is 0 Å². The van der Waals surface area contributed by atoms with Gasteiger partial charge in [-0.1, -0.05) is 0 Å². The molecule has 1 rings (SSSR count). The van der Waals surface area contributed by atoms with Crippen molar-refractivity contribution in [2.24, 2.45) is 10.8 Å². The van der Waals surface area contributed by atoms with Crippen LogP contribution >= 0.6 is 0 Å². The molecule has 0 aromatic rings. The van der Waals surface area contributed by atoms with Crippen molar-refractivity contribution in [1.29, 1.82) is 0 Å². The zero-order chi connectivity index (χ0) is 7.94. The summed E-state index contributed by atoms with van der Waals surface area (Å²) < 4.78 is 5.17. The smallest absolute Gasteiger partial charge is 0.0519 e. The molecule has 1 heterocycles. The summed E-state index contributed by atoms with van der Waals surface area (Å²) in [5, 5.41) is 4.18. The minimum Gasteiger partial charge on any atom is -0.381 e. The summed E-state index contributed by atoms with van der Waals surface area (Å²) in [6.45, 7) is 3.00. The molecule has 1 fully saturated rings. The molecular weight excluding hydrogens is 142 g/mol. The van der Waals surface area contributed by atoms with Crippen molar-refractivity contribution in [3.05, 3.63) is 0 Å². The van der Waals surface area contributed by atoms with Gasteiger partial charge in [-0.25, -0.2) is 0 Å². The summed E-state index contributed by atoms with van der Waals surface area (Å²) >= 11 is 0. The molecule has 0 atom stereocenters. The fourth-order valence-corrected chi connectivity index (χ4v) is 0.951. The van der Waals surface area contributed by atoms with Gasteiger partial charge in [-0.3, -0.25) is 0 Å². The second-order valence-corrected chi connectivity index (χ2v) is 2.49. The van der Waals surface area contributed by atoms with Crippen molar-refractivity contribution >= 4 is 5.71 Å². The predicted octanol–water partition coefficient (Wildman–Crippen LogP) is -0.299. The van der Waals surface area contributed by atoms with Gasteiger partial charge in [0.15, 0.2) is 0 Å². The molecule has 0 bridgehead atoms. The Labute approximate surface area is 66.8 Å². The maximum absolute atomic E-state index is 5.29. The number of ether oxygens (including phenoxy) is 1. The first-order chi connectivity index (χ1) is 5.43. The molecule has 3 N–H and O–H groups in total. The number of hydrogen-bond acceptors (Lipinski definition) is 4. The van der Waals surface area contributed by atoms with E-state index in [9.17, 15) is 0 Å². The summed E-state index contributed by atoms with van der Waals surface area (Å²) in [5.74, 6) is 0. The maximum Gasteiger partial charge on any atom is 0.0519 e. The van der Waals surface area contributed by atoms with E-state index in [1.165, 1.54) is 5.71 Å². The largest absolute Gasteiger partial charge is 0.381 e. The highest BCUT2D eigenvalue weighted by Gasteiger charge is 2.05. The van der Waals surface area contributed by atoms with Crippen LogP contribution in [0.2, 0.25) is 0 Å². The highest BCUT2D eigenvalue weighted by Crippen LogP contribution is 2.01. The highest BCUT2D eigenvalue weighted by atomic mass is 16.5. The van der Waals surface area contributed by atoms with E-state index >= 15 is 0 Å². The van der Waals surface area contributed by atoms with Crippen molar-refractivity contribution in [2.75, 3.05) is 26.3 Å². The summed E-state index contributed by atoms with van der Waals surface area (Å²) in [4.78, 5) is 0. The van der Waals surface area contributed by atoms with E-state index in [0.717, 1.165) is 32.6 Å². The average molecular weight is 157 g/mol. The van der Waals surface area contributed by atoms with Gasteiger partial charge < -0.3 is 15.9 Å². The van der Waals surface area contributed by atoms with Gasteiger partial charge in [0.05, 0.1) is 13.2 Å². The van der Waals surface area contributed by atoms with Gasteiger partial charge in [0.2, 0.25) is 0 Å². The van der Waals surface area contributed by atoms with Gasteiger partial charge in [0, 0.05) is 31.6 Å². The van der Waals surface area contributed by atoms with Gasteiger partial charge in [-0.05, 0) is 0 Å². The number of rotatable bonds is 3. The molecule has 1 aliphatic heterocycles. The molecule has 64 valence electrons. The molecule has 4 nitrogen and oxygen atoms in total. The Morgan fingerprint density at radius 3 is 2.82 bits per heavy atom. The lowest BCUT2D eigenvalue weighted by atomic mass is 10.2. The highest BCUT2D eigenvalue weighted by molar-refractivity contribution is 5.84. The Balaban J connectivity index is 2.15. The van der Waals surface area contributed by atoms with Crippen LogP contribution in [-0.4, -0.2) is 32.0 Å². The van der Waals surface area contributed by atoms with Gasteiger partial charge in [-0.2, -0.15) is 5.10 Å². The van der Waals surface area contributed by atoms with Crippen LogP contribution in [0.1, 0.15) is 12.8 Å². The Hall–Kier alpha value is -0.610. The molecule has 0 radical (unpaired) electrons. The first-order valence-electron chi connectivity index (χ1n) is 3.99. The lowest BCUT2D eigenvalue weighted by Crippen LogP contribution is -2.22. The van der Waals surface area contributed by atoms with Crippen LogP contribution in [-0.2, 0) is 4.74 Å². The summed E-state index contributed by atoms with van der Waals surface area (Å²) in [7, 11) is 0. The van der Waals surface area contributed by atoms with E-state index in [1.807, 2.05) is 0 Å². The van der Waals surface area contributed by atoms with Crippen LogP contribution in [0, 0.1) is 0 Å². The minimum atomic E-state index is 0.632. The van der Waals surface area contributed by atoms with Crippen LogP contribution in [0.5, 0.6) is 0 Å². The molecule has 0 amide bonds. The van der Waals surface area contributed by atoms with Crippen molar-refractivity contribution < 1.29 is 4.74 Å². The topological polar surface area (TPSA) is 59.6 Å². The Bertz CT molecular complexity index is 128. The van der Waals surface area contributed by atoms with E-state index in [2.05, 4.69) is 10.5 Å². The molecule has 1 aliphatic rings. The van der Waals surface area contributed by atoms with Crippen LogP contribution < -0.4 is 11.2 Å². The third-order valence-corrected chi connectivity index (χ3v) is 1.56. The monoisotopic (exact) mass is 157 g/mol. The Morgan fingerprint density at radius 2 is 2.18 bits per heavy atom. The molecule has 0 unspecified atom stereocenters. The van der Waals surface area contributed by atoms with Crippen LogP contribution in [0.25, 0.3) is 0 Å². The van der Waals surface area contributed by atoms with Crippen molar-refractivity contribution in [1.82, 2.24) is 5.43 Å². The molecule has 0 spiro atoms. The molecule has 4 heteroatoms. The second kappa shape index (κ2) is 5.09. The molecule has 0 saturated carbocycles. The molecule has 11 heavy (non-hydrogen) atoms. The summed E-state index contributed by atoms with van der Waals surface area (Å²) in [5.41, 5.74) is 9.40. The Kier molecular flexibility index (Phi) is 3.93. The first kappa shape index (κ1) is 8.49. The predicted molar refractivity (Wildman–Crippen MR) is 44.5 cm³/mol. The third kappa shape index (κ3) is 3.34. The van der Waals surface area contributed by atoms with Crippen molar-refractivity contribution in [3.63, 3.8) is 0 Å². The summed E-state index contributed by atoms with van der Waals surface area (Å²) in [6.07, 6.45) is 1.91. The van der Waals surface area contributed by atoms with Crippen molar-refractivity contribution in [2.45, 2.75) is 12.8 Å². The van der Waals surface area contributed by atoms with E-state index in [4.69, 9.17) is 10.5 Å². The lowest BCUT2D eigenvalue weighted by Gasteiger charge is -2.13. The fraction of sp³-hybridized carbons (Fsp3) is 0.857. The van der Waals surface area contributed by atoms with Crippen LogP contribution in [0.4, 0.5) is 0 Å². The Morgan fingerprint density at radius 1 is 1.45 bits per heavy atom. The SMILES string of the molecule is NCCNN=C1CCOCC1. The number of nitrogens with two attached hydrogens (primary N) is 1. The number of hydrazone groups is 1. The number of nitrogens with zero attached hydrogens (tertiary/aromatic N) is 1. The molecule has 0 aromatic heterocycles. The third-order valence-electron chi connectivity index (χ3n) is 1.56. The molecule has 0 aliphatic carbocycles. The van der Waals surface area contributed by atoms with Gasteiger partial charge in [-0.15, -0.1) is 0 Å². The molecule has 0 aromatic carbocycles. The fourth-order valence-electron chi connectivity index (χ4n) is 0.951. The molecule has 1 saturated heterocycles.